The summed E-state index contributed by atoms with van der Waals surface area (Å²) < 4.78 is 22.3. The Morgan fingerprint density at radius 1 is 1.50 bits per heavy atom. The first-order valence-electron chi connectivity index (χ1n) is 3.54. The van der Waals surface area contributed by atoms with Gasteiger partial charge in [-0.1, -0.05) is 6.92 Å². The molecule has 0 spiro atoms. The second-order valence-corrected chi connectivity index (χ2v) is 3.78. The molecule has 0 amide bonds. The first kappa shape index (κ1) is 8.17. The zero-order valence-corrected chi connectivity index (χ0v) is 6.89. The third kappa shape index (κ3) is 2.04. The number of piperidine rings is 1. The Kier molecular flexibility index (Phi) is 2.82. The van der Waals surface area contributed by atoms with Gasteiger partial charge in [-0.25, -0.2) is 4.31 Å². The highest BCUT2D eigenvalue weighted by atomic mass is 32.2. The van der Waals surface area contributed by atoms with Gasteiger partial charge in [0.1, 0.15) is 0 Å². The van der Waals surface area contributed by atoms with E-state index in [0.29, 0.717) is 19.0 Å². The van der Waals surface area contributed by atoms with Crippen LogP contribution >= 0.6 is 0 Å². The van der Waals surface area contributed by atoms with Crippen molar-refractivity contribution in [1.29, 1.82) is 0 Å². The molecule has 1 saturated heterocycles. The van der Waals surface area contributed by atoms with Crippen LogP contribution in [0.1, 0.15) is 19.8 Å². The third-order valence-corrected chi connectivity index (χ3v) is 2.74. The average molecular weight is 162 g/mol. The first-order valence-corrected chi connectivity index (χ1v) is 4.57. The van der Waals surface area contributed by atoms with Crippen molar-refractivity contribution >= 4 is 11.3 Å². The number of hydrogen-bond donors (Lipinski definition) is 0. The van der Waals surface area contributed by atoms with E-state index in [1.807, 2.05) is 0 Å². The van der Waals surface area contributed by atoms with Crippen LogP contribution in [0.4, 0.5) is 0 Å². The minimum Gasteiger partial charge on any atom is -0.760 e. The standard InChI is InChI=1S/C6H13NO2S/c1-6-2-4-7(5-3-6)10(8)9/h6H,2-5H2,1H3,(H,8,9)/p-1. The van der Waals surface area contributed by atoms with Crippen molar-refractivity contribution in [3.05, 3.63) is 0 Å². The molecule has 0 aromatic rings. The van der Waals surface area contributed by atoms with Crippen molar-refractivity contribution in [1.82, 2.24) is 4.31 Å². The maximum absolute atomic E-state index is 10.4. The first-order chi connectivity index (χ1) is 4.70. The van der Waals surface area contributed by atoms with Crippen LogP contribution in [0, 0.1) is 5.92 Å². The van der Waals surface area contributed by atoms with Crippen molar-refractivity contribution in [3.63, 3.8) is 0 Å². The van der Waals surface area contributed by atoms with Crippen LogP contribution in [-0.4, -0.2) is 26.2 Å². The van der Waals surface area contributed by atoms with E-state index in [0.717, 1.165) is 12.8 Å². The summed E-state index contributed by atoms with van der Waals surface area (Å²) in [5, 5.41) is 0. The quantitative estimate of drug-likeness (QED) is 0.527. The second kappa shape index (κ2) is 3.46. The van der Waals surface area contributed by atoms with Gasteiger partial charge in [-0.05, 0) is 18.8 Å². The average Bonchev–Trinajstić information content (AvgIpc) is 1.88. The summed E-state index contributed by atoms with van der Waals surface area (Å²) >= 11 is -1.98. The van der Waals surface area contributed by atoms with Crippen molar-refractivity contribution in [3.8, 4) is 0 Å². The van der Waals surface area contributed by atoms with Gasteiger partial charge < -0.3 is 4.55 Å². The van der Waals surface area contributed by atoms with E-state index >= 15 is 0 Å². The Morgan fingerprint density at radius 3 is 2.40 bits per heavy atom. The van der Waals surface area contributed by atoms with Gasteiger partial charge in [0.2, 0.25) is 0 Å². The topological polar surface area (TPSA) is 43.4 Å². The molecule has 3 nitrogen and oxygen atoms in total. The van der Waals surface area contributed by atoms with Gasteiger partial charge in [-0.2, -0.15) is 0 Å². The van der Waals surface area contributed by atoms with Gasteiger partial charge in [0.25, 0.3) is 0 Å². The van der Waals surface area contributed by atoms with Gasteiger partial charge in [0, 0.05) is 24.4 Å². The highest BCUT2D eigenvalue weighted by Gasteiger charge is 2.15. The molecular weight excluding hydrogens is 150 g/mol. The van der Waals surface area contributed by atoms with E-state index < -0.39 is 11.3 Å². The van der Waals surface area contributed by atoms with Gasteiger partial charge in [0.05, 0.1) is 0 Å². The van der Waals surface area contributed by atoms with Crippen molar-refractivity contribution < 1.29 is 8.76 Å². The number of hydrogen-bond acceptors (Lipinski definition) is 2. The molecule has 1 heterocycles. The van der Waals surface area contributed by atoms with Gasteiger partial charge in [-0.3, -0.25) is 4.21 Å². The predicted octanol–water partition coefficient (Wildman–Crippen LogP) is 0.512. The Balaban J connectivity index is 2.33. The van der Waals surface area contributed by atoms with E-state index in [2.05, 4.69) is 6.92 Å². The molecule has 1 aliphatic heterocycles. The van der Waals surface area contributed by atoms with Crippen LogP contribution in [0.2, 0.25) is 0 Å². The molecule has 0 bridgehead atoms. The van der Waals surface area contributed by atoms with E-state index in [4.69, 9.17) is 0 Å². The normalized spacial score (nSPS) is 26.6. The molecule has 0 aliphatic carbocycles. The summed E-state index contributed by atoms with van der Waals surface area (Å²) in [6.45, 7) is 3.57. The summed E-state index contributed by atoms with van der Waals surface area (Å²) in [5.74, 6) is 0.694. The molecule has 0 aromatic carbocycles. The van der Waals surface area contributed by atoms with Crippen LogP contribution < -0.4 is 0 Å². The van der Waals surface area contributed by atoms with E-state index in [9.17, 15) is 8.76 Å². The lowest BCUT2D eigenvalue weighted by Crippen LogP contribution is -2.34. The Labute approximate surface area is 63.8 Å². The van der Waals surface area contributed by atoms with E-state index in [-0.39, 0.29) is 0 Å². The molecule has 0 saturated carbocycles. The highest BCUT2D eigenvalue weighted by Crippen LogP contribution is 2.16. The number of rotatable bonds is 1. The summed E-state index contributed by atoms with van der Waals surface area (Å²) in [6, 6.07) is 0. The maximum Gasteiger partial charge on any atom is 0.0209 e. The summed E-state index contributed by atoms with van der Waals surface area (Å²) in [7, 11) is 0. The van der Waals surface area contributed by atoms with Crippen LogP contribution in [-0.2, 0) is 11.3 Å². The fourth-order valence-corrected chi connectivity index (χ4v) is 1.64. The lowest BCUT2D eigenvalue weighted by Gasteiger charge is -2.30. The van der Waals surface area contributed by atoms with Crippen molar-refractivity contribution in [2.45, 2.75) is 19.8 Å². The molecule has 1 atom stereocenters. The minimum atomic E-state index is -1.98. The predicted molar refractivity (Wildman–Crippen MR) is 38.9 cm³/mol. The van der Waals surface area contributed by atoms with E-state index in [1.54, 1.807) is 0 Å². The molecule has 60 valence electrons. The molecule has 1 unspecified atom stereocenters. The van der Waals surface area contributed by atoms with Crippen molar-refractivity contribution in [2.75, 3.05) is 13.1 Å². The Morgan fingerprint density at radius 2 is 2.00 bits per heavy atom. The molecule has 10 heavy (non-hydrogen) atoms. The molecule has 0 N–H and O–H groups in total. The minimum absolute atomic E-state index is 0.694. The summed E-state index contributed by atoms with van der Waals surface area (Å²) in [6.07, 6.45) is 2.02. The molecule has 0 radical (unpaired) electrons. The van der Waals surface area contributed by atoms with Gasteiger partial charge >= 0.3 is 0 Å². The van der Waals surface area contributed by atoms with Crippen molar-refractivity contribution in [2.24, 2.45) is 5.92 Å². The van der Waals surface area contributed by atoms with Crippen LogP contribution in [0.5, 0.6) is 0 Å². The Hall–Kier alpha value is 0.0700. The fraction of sp³-hybridized carbons (Fsp3) is 1.00. The van der Waals surface area contributed by atoms with Gasteiger partial charge in [0.15, 0.2) is 0 Å². The lowest BCUT2D eigenvalue weighted by molar-refractivity contribution is 0.281. The molecule has 1 rings (SSSR count). The zero-order chi connectivity index (χ0) is 7.56. The Bertz CT molecular complexity index is 132. The largest absolute Gasteiger partial charge is 0.760 e. The zero-order valence-electron chi connectivity index (χ0n) is 6.08. The molecular formula is C6H12NO2S-. The number of nitrogens with zero attached hydrogens (tertiary/aromatic N) is 1. The molecule has 0 aromatic heterocycles. The molecule has 1 aliphatic rings. The molecule has 4 heteroatoms. The van der Waals surface area contributed by atoms with Crippen LogP contribution in [0.15, 0.2) is 0 Å². The fourth-order valence-electron chi connectivity index (χ4n) is 1.13. The monoisotopic (exact) mass is 162 g/mol. The maximum atomic E-state index is 10.4. The SMILES string of the molecule is CC1CCN(S(=O)[O-])CC1. The van der Waals surface area contributed by atoms with Gasteiger partial charge in [-0.15, -0.1) is 0 Å². The van der Waals surface area contributed by atoms with Crippen LogP contribution in [0.3, 0.4) is 0 Å². The second-order valence-electron chi connectivity index (χ2n) is 2.83. The molecule has 1 fully saturated rings. The summed E-state index contributed by atoms with van der Waals surface area (Å²) in [4.78, 5) is 0. The summed E-state index contributed by atoms with van der Waals surface area (Å²) in [5.41, 5.74) is 0. The highest BCUT2D eigenvalue weighted by molar-refractivity contribution is 7.76. The third-order valence-electron chi connectivity index (χ3n) is 1.95. The lowest BCUT2D eigenvalue weighted by atomic mass is 10.0. The van der Waals surface area contributed by atoms with E-state index in [1.165, 1.54) is 4.31 Å². The van der Waals surface area contributed by atoms with Crippen LogP contribution in [0.25, 0.3) is 0 Å². The smallest absolute Gasteiger partial charge is 0.0209 e.